The van der Waals surface area contributed by atoms with Gasteiger partial charge in [-0.25, -0.2) is 4.68 Å². The molecule has 7 heteroatoms. The molecule has 1 aromatic heterocycles. The monoisotopic (exact) mass is 304 g/mol. The van der Waals surface area contributed by atoms with Crippen LogP contribution in [-0.2, 0) is 27.7 Å². The molecular weight excluding hydrogens is 285 g/mol. The normalized spacial score (nSPS) is 17.7. The molecule has 1 aliphatic carbocycles. The molecule has 1 aliphatic rings. The highest BCUT2D eigenvalue weighted by Crippen LogP contribution is 2.48. The first-order valence-corrected chi connectivity index (χ1v) is 6.78. The van der Waals surface area contributed by atoms with Crippen molar-refractivity contribution in [2.75, 3.05) is 0 Å². The van der Waals surface area contributed by atoms with Gasteiger partial charge in [-0.15, -0.1) is 0 Å². The molecule has 1 fully saturated rings. The Hall–Kier alpha value is -1.53. The molecule has 0 saturated heterocycles. The van der Waals surface area contributed by atoms with E-state index in [1.807, 2.05) is 6.92 Å². The predicted octanol–water partition coefficient (Wildman–Crippen LogP) is 3.30. The molecule has 1 aromatic rings. The van der Waals surface area contributed by atoms with Gasteiger partial charge in [0, 0.05) is 5.41 Å². The molecule has 4 nitrogen and oxygen atoms in total. The molecule has 0 bridgehead atoms. The molecule has 0 radical (unpaired) electrons. The van der Waals surface area contributed by atoms with Gasteiger partial charge in [0.05, 0.1) is 5.69 Å². The van der Waals surface area contributed by atoms with E-state index in [0.717, 1.165) is 18.9 Å². The van der Waals surface area contributed by atoms with Gasteiger partial charge in [-0.05, 0) is 39.7 Å². The van der Waals surface area contributed by atoms with Gasteiger partial charge in [0.25, 0.3) is 0 Å². The minimum atomic E-state index is -4.54. The molecular formula is C14H19F3N2O2. The maximum Gasteiger partial charge on any atom is 0.433 e. The fraction of sp³-hybridized carbons (Fsp3) is 0.714. The topological polar surface area (TPSA) is 44.1 Å². The molecule has 0 unspecified atom stereocenters. The van der Waals surface area contributed by atoms with Crippen molar-refractivity contribution in [3.8, 4) is 0 Å². The van der Waals surface area contributed by atoms with E-state index in [2.05, 4.69) is 5.10 Å². The van der Waals surface area contributed by atoms with Crippen molar-refractivity contribution in [1.82, 2.24) is 9.78 Å². The molecule has 1 heterocycles. The van der Waals surface area contributed by atoms with Crippen molar-refractivity contribution < 1.29 is 22.7 Å². The van der Waals surface area contributed by atoms with Crippen LogP contribution in [0.1, 0.15) is 51.9 Å². The van der Waals surface area contributed by atoms with E-state index in [1.54, 1.807) is 20.8 Å². The summed E-state index contributed by atoms with van der Waals surface area (Å²) in [5, 5.41) is 3.98. The number of carbonyl (C=O) groups is 1. The fourth-order valence-electron chi connectivity index (χ4n) is 2.00. The minimum absolute atomic E-state index is 0.292. The van der Waals surface area contributed by atoms with Crippen molar-refractivity contribution in [2.45, 2.75) is 64.3 Å². The van der Waals surface area contributed by atoms with E-state index in [1.165, 1.54) is 0 Å². The van der Waals surface area contributed by atoms with Crippen molar-refractivity contribution in [3.05, 3.63) is 17.5 Å². The van der Waals surface area contributed by atoms with Gasteiger partial charge in [0.2, 0.25) is 0 Å². The van der Waals surface area contributed by atoms with Crippen molar-refractivity contribution >= 4 is 5.97 Å². The minimum Gasteiger partial charge on any atom is -0.459 e. The third-order valence-corrected chi connectivity index (χ3v) is 3.39. The highest BCUT2D eigenvalue weighted by atomic mass is 19.4. The second kappa shape index (κ2) is 4.74. The zero-order valence-electron chi connectivity index (χ0n) is 12.5. The molecule has 1 saturated carbocycles. The summed E-state index contributed by atoms with van der Waals surface area (Å²) in [6, 6.07) is 1.04. The highest BCUT2D eigenvalue weighted by molar-refractivity contribution is 5.69. The van der Waals surface area contributed by atoms with Crippen LogP contribution in [0.5, 0.6) is 0 Å². The van der Waals surface area contributed by atoms with Crippen molar-refractivity contribution in [3.63, 3.8) is 0 Å². The number of hydrogen-bond acceptors (Lipinski definition) is 3. The van der Waals surface area contributed by atoms with Crippen LogP contribution in [0.15, 0.2) is 6.07 Å². The van der Waals surface area contributed by atoms with Gasteiger partial charge in [0.1, 0.15) is 17.8 Å². The average molecular weight is 304 g/mol. The van der Waals surface area contributed by atoms with Crippen LogP contribution in [0.3, 0.4) is 0 Å². The largest absolute Gasteiger partial charge is 0.459 e. The highest BCUT2D eigenvalue weighted by Gasteiger charge is 2.45. The van der Waals surface area contributed by atoms with Gasteiger partial charge in [0.15, 0.2) is 0 Å². The smallest absolute Gasteiger partial charge is 0.433 e. The summed E-state index contributed by atoms with van der Waals surface area (Å²) in [5.74, 6) is -0.733. The third-order valence-electron chi connectivity index (χ3n) is 3.39. The number of esters is 1. The molecule has 0 atom stereocenters. The molecule has 0 N–H and O–H groups in total. The number of ether oxygens (including phenoxy) is 1. The van der Waals surface area contributed by atoms with E-state index in [4.69, 9.17) is 4.74 Å². The number of alkyl halides is 3. The number of aromatic nitrogens is 2. The Morgan fingerprint density at radius 3 is 2.38 bits per heavy atom. The summed E-state index contributed by atoms with van der Waals surface area (Å²) in [7, 11) is 0. The maximum absolute atomic E-state index is 13.0. The molecule has 118 valence electrons. The second-order valence-electron chi connectivity index (χ2n) is 6.72. The van der Waals surface area contributed by atoms with Crippen LogP contribution in [0.25, 0.3) is 0 Å². The quantitative estimate of drug-likeness (QED) is 0.805. The molecule has 0 aromatic carbocycles. The Balaban J connectivity index is 2.25. The van der Waals surface area contributed by atoms with E-state index in [-0.39, 0.29) is 5.41 Å². The summed E-state index contributed by atoms with van der Waals surface area (Å²) in [4.78, 5) is 11.7. The van der Waals surface area contributed by atoms with Crippen LogP contribution in [0, 0.1) is 0 Å². The number of rotatable bonds is 3. The van der Waals surface area contributed by atoms with Crippen LogP contribution < -0.4 is 0 Å². The standard InChI is InChI=1S/C14H19F3N2O2/c1-12(2,3)21-11(20)8-19-10(14(15,16)17)7-9(18-19)13(4)5-6-13/h7H,5-6,8H2,1-4H3. The summed E-state index contributed by atoms with van der Waals surface area (Å²) in [6.45, 7) is 6.31. The van der Waals surface area contributed by atoms with E-state index >= 15 is 0 Å². The van der Waals surface area contributed by atoms with Crippen LogP contribution >= 0.6 is 0 Å². The molecule has 0 aliphatic heterocycles. The van der Waals surface area contributed by atoms with Crippen LogP contribution in [0.2, 0.25) is 0 Å². The zero-order valence-corrected chi connectivity index (χ0v) is 12.5. The Labute approximate surface area is 121 Å². The van der Waals surface area contributed by atoms with Crippen LogP contribution in [0.4, 0.5) is 13.2 Å². The van der Waals surface area contributed by atoms with E-state index < -0.39 is 30.0 Å². The van der Waals surface area contributed by atoms with Gasteiger partial charge < -0.3 is 4.74 Å². The Morgan fingerprint density at radius 2 is 1.95 bits per heavy atom. The first-order chi connectivity index (χ1) is 9.41. The van der Waals surface area contributed by atoms with Crippen LogP contribution in [-0.4, -0.2) is 21.4 Å². The van der Waals surface area contributed by atoms with E-state index in [9.17, 15) is 18.0 Å². The maximum atomic E-state index is 13.0. The molecule has 0 amide bonds. The molecule has 0 spiro atoms. The third kappa shape index (κ3) is 3.77. The Bertz CT molecular complexity index is 552. The van der Waals surface area contributed by atoms with Crippen molar-refractivity contribution in [1.29, 1.82) is 0 Å². The summed E-state index contributed by atoms with van der Waals surface area (Å²) >= 11 is 0. The first-order valence-electron chi connectivity index (χ1n) is 6.78. The van der Waals surface area contributed by atoms with Gasteiger partial charge >= 0.3 is 12.1 Å². The SMILES string of the molecule is CC(C)(C)OC(=O)Cn1nc(C2(C)CC2)cc1C(F)(F)F. The summed E-state index contributed by atoms with van der Waals surface area (Å²) in [5.41, 5.74) is -1.55. The number of halogens is 3. The number of hydrogen-bond donors (Lipinski definition) is 0. The lowest BCUT2D eigenvalue weighted by Gasteiger charge is -2.20. The van der Waals surface area contributed by atoms with Gasteiger partial charge in [-0.3, -0.25) is 4.79 Å². The summed E-state index contributed by atoms with van der Waals surface area (Å²) in [6.07, 6.45) is -2.92. The second-order valence-corrected chi connectivity index (χ2v) is 6.72. The average Bonchev–Trinajstić information content (AvgIpc) is 2.84. The van der Waals surface area contributed by atoms with Gasteiger partial charge in [-0.2, -0.15) is 18.3 Å². The van der Waals surface area contributed by atoms with Crippen molar-refractivity contribution in [2.24, 2.45) is 0 Å². The lowest BCUT2D eigenvalue weighted by molar-refractivity contribution is -0.158. The fourth-order valence-corrected chi connectivity index (χ4v) is 2.00. The lowest BCUT2D eigenvalue weighted by Crippen LogP contribution is -2.28. The van der Waals surface area contributed by atoms with Gasteiger partial charge in [-0.1, -0.05) is 6.92 Å². The number of carbonyl (C=O) groups excluding carboxylic acids is 1. The lowest BCUT2D eigenvalue weighted by atomic mass is 10.1. The van der Waals surface area contributed by atoms with E-state index in [0.29, 0.717) is 10.4 Å². The molecule has 2 rings (SSSR count). The summed E-state index contributed by atoms with van der Waals surface area (Å²) < 4.78 is 44.9. The first kappa shape index (κ1) is 15.9. The zero-order chi connectivity index (χ0) is 16.1. The Morgan fingerprint density at radius 1 is 1.38 bits per heavy atom. The Kier molecular flexibility index (Phi) is 3.58. The molecule has 21 heavy (non-hydrogen) atoms. The predicted molar refractivity (Wildman–Crippen MR) is 69.7 cm³/mol. The number of nitrogens with zero attached hydrogens (tertiary/aromatic N) is 2.